The number of benzene rings is 1. The molecule has 2 aromatic rings. The van der Waals surface area contributed by atoms with E-state index in [0.717, 1.165) is 12.3 Å². The first-order valence-electron chi connectivity index (χ1n) is 5.55. The van der Waals surface area contributed by atoms with Crippen molar-refractivity contribution in [3.05, 3.63) is 53.5 Å². The molecule has 0 spiro atoms. The van der Waals surface area contributed by atoms with Gasteiger partial charge in [0.25, 0.3) is 10.0 Å². The van der Waals surface area contributed by atoms with Crippen LogP contribution in [-0.2, 0) is 10.0 Å². The van der Waals surface area contributed by atoms with Crippen molar-refractivity contribution in [2.75, 3.05) is 4.72 Å². The fraction of sp³-hybridized carbons (Fsp3) is 0. The summed E-state index contributed by atoms with van der Waals surface area (Å²) in [7, 11) is -4.22. The zero-order valence-corrected chi connectivity index (χ0v) is 11.2. The second-order valence-corrected chi connectivity index (χ2v) is 5.48. The topological polar surface area (TPSA) is 107 Å². The highest BCUT2D eigenvalue weighted by Gasteiger charge is 2.20. The third kappa shape index (κ3) is 2.96. The zero-order chi connectivity index (χ0) is 15.5. The number of sulfonamides is 1. The number of pyridine rings is 1. The Labute approximate surface area is 120 Å². The lowest BCUT2D eigenvalue weighted by atomic mass is 10.1. The number of halogens is 1. The van der Waals surface area contributed by atoms with Crippen LogP contribution < -0.4 is 4.72 Å². The highest BCUT2D eigenvalue weighted by molar-refractivity contribution is 7.92. The Balaban J connectivity index is 2.41. The monoisotopic (exact) mass is 302 g/mol. The van der Waals surface area contributed by atoms with Gasteiger partial charge in [-0.3, -0.25) is 4.72 Å². The number of rotatable bonds is 3. The third-order valence-electron chi connectivity index (χ3n) is 2.49. The van der Waals surface area contributed by atoms with Crippen LogP contribution >= 0.6 is 0 Å². The summed E-state index contributed by atoms with van der Waals surface area (Å²) in [5, 5.41) is 16.9. The Bertz CT molecular complexity index is 882. The molecule has 0 atom stereocenters. The predicted octanol–water partition coefficient (Wildman–Crippen LogP) is 1.76. The number of anilines is 1. The van der Waals surface area contributed by atoms with E-state index in [1.807, 2.05) is 0 Å². The van der Waals surface area contributed by atoms with E-state index in [1.54, 1.807) is 12.1 Å². The molecule has 0 aliphatic carbocycles. The molecule has 0 saturated heterocycles. The van der Waals surface area contributed by atoms with Gasteiger partial charge in [-0.25, -0.2) is 9.37 Å². The van der Waals surface area contributed by atoms with Crippen LogP contribution in [0.3, 0.4) is 0 Å². The lowest BCUT2D eigenvalue weighted by Crippen LogP contribution is -2.16. The lowest BCUT2D eigenvalue weighted by molar-refractivity contribution is 0.557. The van der Waals surface area contributed by atoms with E-state index in [1.165, 1.54) is 24.3 Å². The summed E-state index contributed by atoms with van der Waals surface area (Å²) in [5.74, 6) is -0.987. The molecule has 0 amide bonds. The minimum absolute atomic E-state index is 0.0131. The van der Waals surface area contributed by atoms with Gasteiger partial charge in [-0.05, 0) is 30.3 Å². The van der Waals surface area contributed by atoms with E-state index >= 15 is 0 Å². The van der Waals surface area contributed by atoms with Crippen molar-refractivity contribution in [2.45, 2.75) is 5.03 Å². The molecule has 8 heteroatoms. The van der Waals surface area contributed by atoms with Gasteiger partial charge in [0.2, 0.25) is 5.03 Å². The molecule has 0 saturated carbocycles. The molecular formula is C13H7FN4O2S. The van der Waals surface area contributed by atoms with Gasteiger partial charge in [0.1, 0.15) is 12.1 Å². The van der Waals surface area contributed by atoms with Crippen molar-refractivity contribution < 1.29 is 12.8 Å². The Morgan fingerprint density at radius 2 is 1.86 bits per heavy atom. The number of nitrogens with zero attached hydrogens (tertiary/aromatic N) is 3. The van der Waals surface area contributed by atoms with Crippen LogP contribution in [0.2, 0.25) is 0 Å². The molecule has 0 radical (unpaired) electrons. The van der Waals surface area contributed by atoms with Crippen molar-refractivity contribution >= 4 is 15.7 Å². The van der Waals surface area contributed by atoms with Gasteiger partial charge in [0.05, 0.1) is 16.8 Å². The average molecular weight is 302 g/mol. The van der Waals surface area contributed by atoms with E-state index in [0.29, 0.717) is 0 Å². The maximum Gasteiger partial charge on any atom is 0.282 e. The van der Waals surface area contributed by atoms with Crippen molar-refractivity contribution in [1.82, 2.24) is 4.98 Å². The Morgan fingerprint density at radius 1 is 1.14 bits per heavy atom. The van der Waals surface area contributed by atoms with E-state index < -0.39 is 20.9 Å². The summed E-state index contributed by atoms with van der Waals surface area (Å²) in [4.78, 5) is 3.48. The maximum atomic E-state index is 13.5. The molecule has 1 aromatic heterocycles. The van der Waals surface area contributed by atoms with Crippen LogP contribution in [0, 0.1) is 28.5 Å². The van der Waals surface area contributed by atoms with Gasteiger partial charge in [-0.1, -0.05) is 0 Å². The zero-order valence-electron chi connectivity index (χ0n) is 10.4. The van der Waals surface area contributed by atoms with Gasteiger partial charge in [0, 0.05) is 6.20 Å². The predicted molar refractivity (Wildman–Crippen MR) is 70.9 cm³/mol. The first-order valence-corrected chi connectivity index (χ1v) is 7.04. The smallest absolute Gasteiger partial charge is 0.278 e. The van der Waals surface area contributed by atoms with Gasteiger partial charge in [-0.15, -0.1) is 0 Å². The number of nitrogens with one attached hydrogen (secondary N) is 1. The van der Waals surface area contributed by atoms with Gasteiger partial charge < -0.3 is 0 Å². The maximum absolute atomic E-state index is 13.5. The van der Waals surface area contributed by atoms with Crippen LogP contribution in [0.5, 0.6) is 0 Å². The standard InChI is InChI=1S/C13H7FN4O2S/c14-12-2-1-5-17-13(12)21(19,20)18-11-4-3-9(7-15)10(6-11)8-16/h1-6,18H. The molecule has 0 aliphatic heterocycles. The van der Waals surface area contributed by atoms with Gasteiger partial charge in [0.15, 0.2) is 5.82 Å². The number of hydrogen-bond donors (Lipinski definition) is 1. The SMILES string of the molecule is N#Cc1ccc(NS(=O)(=O)c2ncccc2F)cc1C#N. The Hall–Kier alpha value is -2.97. The van der Waals surface area contributed by atoms with Crippen molar-refractivity contribution in [3.63, 3.8) is 0 Å². The normalized spacial score (nSPS) is 10.4. The second-order valence-electron chi connectivity index (χ2n) is 3.88. The van der Waals surface area contributed by atoms with Crippen molar-refractivity contribution in [1.29, 1.82) is 10.5 Å². The minimum atomic E-state index is -4.22. The van der Waals surface area contributed by atoms with Crippen LogP contribution in [0.15, 0.2) is 41.6 Å². The molecule has 104 valence electrons. The summed E-state index contributed by atoms with van der Waals surface area (Å²) >= 11 is 0. The van der Waals surface area contributed by atoms with E-state index in [-0.39, 0.29) is 16.8 Å². The Kier molecular flexibility index (Phi) is 3.83. The molecule has 0 aliphatic rings. The summed E-state index contributed by atoms with van der Waals surface area (Å²) in [5.41, 5.74) is 0.166. The third-order valence-corrected chi connectivity index (χ3v) is 3.81. The van der Waals surface area contributed by atoms with Crippen LogP contribution in [0.4, 0.5) is 10.1 Å². The van der Waals surface area contributed by atoms with Gasteiger partial charge >= 0.3 is 0 Å². The Morgan fingerprint density at radius 3 is 2.48 bits per heavy atom. The van der Waals surface area contributed by atoms with E-state index in [4.69, 9.17) is 10.5 Å². The lowest BCUT2D eigenvalue weighted by Gasteiger charge is -2.08. The first kappa shape index (κ1) is 14.4. The summed E-state index contributed by atoms with van der Waals surface area (Å²) < 4.78 is 39.6. The number of nitriles is 2. The van der Waals surface area contributed by atoms with Crippen molar-refractivity contribution in [2.24, 2.45) is 0 Å². The first-order chi connectivity index (χ1) is 9.97. The molecular weight excluding hydrogens is 295 g/mol. The number of hydrogen-bond acceptors (Lipinski definition) is 5. The molecule has 1 N–H and O–H groups in total. The van der Waals surface area contributed by atoms with E-state index in [9.17, 15) is 12.8 Å². The second kappa shape index (κ2) is 5.57. The molecule has 2 rings (SSSR count). The number of aromatic nitrogens is 1. The molecule has 0 bridgehead atoms. The van der Waals surface area contributed by atoms with E-state index in [2.05, 4.69) is 9.71 Å². The summed E-state index contributed by atoms with van der Waals surface area (Å²) in [6.45, 7) is 0. The summed E-state index contributed by atoms with van der Waals surface area (Å²) in [6.07, 6.45) is 1.15. The van der Waals surface area contributed by atoms with Crippen LogP contribution in [0.1, 0.15) is 11.1 Å². The highest BCUT2D eigenvalue weighted by atomic mass is 32.2. The highest BCUT2D eigenvalue weighted by Crippen LogP contribution is 2.19. The van der Waals surface area contributed by atoms with Crippen LogP contribution in [0.25, 0.3) is 0 Å². The molecule has 0 unspecified atom stereocenters. The minimum Gasteiger partial charge on any atom is -0.278 e. The fourth-order valence-electron chi connectivity index (χ4n) is 1.57. The molecule has 1 aromatic carbocycles. The fourth-order valence-corrected chi connectivity index (χ4v) is 2.63. The average Bonchev–Trinajstić information content (AvgIpc) is 2.47. The van der Waals surface area contributed by atoms with Crippen molar-refractivity contribution in [3.8, 4) is 12.1 Å². The molecule has 1 heterocycles. The van der Waals surface area contributed by atoms with Gasteiger partial charge in [-0.2, -0.15) is 18.9 Å². The largest absolute Gasteiger partial charge is 0.282 e. The molecule has 6 nitrogen and oxygen atoms in total. The molecule has 21 heavy (non-hydrogen) atoms. The summed E-state index contributed by atoms with van der Waals surface area (Å²) in [6, 6.07) is 9.61. The quantitative estimate of drug-likeness (QED) is 0.929. The van der Waals surface area contributed by atoms with Crippen LogP contribution in [-0.4, -0.2) is 13.4 Å². The molecule has 0 fully saturated rings.